The second-order valence-electron chi connectivity index (χ2n) is 12.2. The summed E-state index contributed by atoms with van der Waals surface area (Å²) in [7, 11) is 0. The Hall–Kier alpha value is -3.97. The lowest BCUT2D eigenvalue weighted by Crippen LogP contribution is -2.50. The second-order valence-corrected chi connectivity index (χ2v) is 12.2. The molecule has 44 heavy (non-hydrogen) atoms. The van der Waals surface area contributed by atoms with Crippen molar-refractivity contribution in [2.45, 2.75) is 90.6 Å². The van der Waals surface area contributed by atoms with Gasteiger partial charge in [-0.15, -0.1) is 0 Å². The molecule has 8 nitrogen and oxygen atoms in total. The van der Waals surface area contributed by atoms with Crippen LogP contribution in [0.5, 0.6) is 5.75 Å². The van der Waals surface area contributed by atoms with E-state index in [0.29, 0.717) is 29.8 Å². The molecule has 3 rings (SSSR count). The van der Waals surface area contributed by atoms with Crippen LogP contribution >= 0.6 is 0 Å². The van der Waals surface area contributed by atoms with Crippen LogP contribution in [-0.4, -0.2) is 41.8 Å². The number of hydrogen-bond acceptors (Lipinski definition) is 6. The molecule has 0 radical (unpaired) electrons. The van der Waals surface area contributed by atoms with Gasteiger partial charge in [0.05, 0.1) is 17.5 Å². The van der Waals surface area contributed by atoms with Gasteiger partial charge in [-0.05, 0) is 95.5 Å². The Labute approximate surface area is 250 Å². The Morgan fingerprint density at radius 3 is 1.93 bits per heavy atom. The number of fused-ring (bicyclic) bond motifs is 1. The Morgan fingerprint density at radius 1 is 0.841 bits per heavy atom. The summed E-state index contributed by atoms with van der Waals surface area (Å²) in [6.45, 7) is 9.46. The molecule has 0 fully saturated rings. The Morgan fingerprint density at radius 2 is 1.41 bits per heavy atom. The highest BCUT2D eigenvalue weighted by Crippen LogP contribution is 2.37. The van der Waals surface area contributed by atoms with Crippen LogP contribution in [0.2, 0.25) is 0 Å². The van der Waals surface area contributed by atoms with Crippen LogP contribution in [-0.2, 0) is 44.4 Å². The highest BCUT2D eigenvalue weighted by molar-refractivity contribution is 6.02. The first-order chi connectivity index (χ1) is 20.0. The number of halogens is 6. The summed E-state index contributed by atoms with van der Waals surface area (Å²) in [5.41, 5.74) is -3.91. The summed E-state index contributed by atoms with van der Waals surface area (Å²) >= 11 is 0. The van der Waals surface area contributed by atoms with Crippen LogP contribution in [0.3, 0.4) is 0 Å². The predicted octanol–water partition coefficient (Wildman–Crippen LogP) is 6.82. The fraction of sp³-hybridized carbons (Fsp3) is 0.500. The van der Waals surface area contributed by atoms with Crippen molar-refractivity contribution in [2.24, 2.45) is 0 Å². The van der Waals surface area contributed by atoms with E-state index in [1.54, 1.807) is 41.5 Å². The van der Waals surface area contributed by atoms with Gasteiger partial charge in [-0.3, -0.25) is 9.59 Å². The van der Waals surface area contributed by atoms with E-state index >= 15 is 0 Å². The van der Waals surface area contributed by atoms with Gasteiger partial charge in [-0.1, -0.05) is 0 Å². The third kappa shape index (κ3) is 9.78. The molecule has 0 aromatic heterocycles. The molecule has 1 heterocycles. The third-order valence-corrected chi connectivity index (χ3v) is 6.05. The number of alkyl carbamates (subject to hydrolysis) is 1. The molecule has 0 unspecified atom stereocenters. The zero-order valence-corrected chi connectivity index (χ0v) is 25.0. The SMILES string of the molecule is CC(C)(C)OC(=O)C[C@@H](NC(=O)OC(C)(C)C)C(=O)N1CCc2cc(OCc3cc(C(F)(F)F)cc(C(F)(F)F)c3)ccc21. The second kappa shape index (κ2) is 12.6. The summed E-state index contributed by atoms with van der Waals surface area (Å²) < 4.78 is 95.3. The van der Waals surface area contributed by atoms with E-state index in [1.165, 1.54) is 23.1 Å². The molecule has 2 aromatic rings. The maximum absolute atomic E-state index is 13.6. The van der Waals surface area contributed by atoms with Gasteiger partial charge in [-0.25, -0.2) is 4.79 Å². The van der Waals surface area contributed by atoms with Gasteiger partial charge in [-0.2, -0.15) is 26.3 Å². The number of amides is 2. The first-order valence-electron chi connectivity index (χ1n) is 13.6. The number of nitrogens with one attached hydrogen (secondary N) is 1. The lowest BCUT2D eigenvalue weighted by molar-refractivity contribution is -0.156. The number of anilines is 1. The molecular weight excluding hydrogens is 598 g/mol. The van der Waals surface area contributed by atoms with E-state index in [2.05, 4.69) is 5.32 Å². The minimum atomic E-state index is -4.99. The summed E-state index contributed by atoms with van der Waals surface area (Å²) in [4.78, 5) is 40.0. The van der Waals surface area contributed by atoms with E-state index in [0.717, 1.165) is 0 Å². The van der Waals surface area contributed by atoms with Crippen molar-refractivity contribution in [1.82, 2.24) is 5.32 Å². The molecule has 0 aliphatic carbocycles. The van der Waals surface area contributed by atoms with Crippen LogP contribution in [0.15, 0.2) is 36.4 Å². The molecule has 1 aliphatic heterocycles. The minimum absolute atomic E-state index is 0.0399. The highest BCUT2D eigenvalue weighted by Gasteiger charge is 2.37. The van der Waals surface area contributed by atoms with Crippen molar-refractivity contribution < 1.29 is 54.9 Å². The van der Waals surface area contributed by atoms with Gasteiger partial charge in [0.25, 0.3) is 0 Å². The van der Waals surface area contributed by atoms with Crippen LogP contribution in [0, 0.1) is 0 Å². The molecule has 242 valence electrons. The summed E-state index contributed by atoms with van der Waals surface area (Å²) in [6.07, 6.45) is -11.0. The van der Waals surface area contributed by atoms with E-state index in [4.69, 9.17) is 14.2 Å². The van der Waals surface area contributed by atoms with E-state index in [-0.39, 0.29) is 23.9 Å². The number of rotatable bonds is 7. The average molecular weight is 633 g/mol. The zero-order valence-electron chi connectivity index (χ0n) is 25.0. The molecule has 0 spiro atoms. The smallest absolute Gasteiger partial charge is 0.416 e. The number of alkyl halides is 6. The van der Waals surface area contributed by atoms with Crippen molar-refractivity contribution in [3.63, 3.8) is 0 Å². The predicted molar refractivity (Wildman–Crippen MR) is 147 cm³/mol. The number of nitrogens with zero attached hydrogens (tertiary/aromatic N) is 1. The van der Waals surface area contributed by atoms with Crippen LogP contribution in [0.1, 0.15) is 70.2 Å². The van der Waals surface area contributed by atoms with Gasteiger partial charge >= 0.3 is 24.4 Å². The van der Waals surface area contributed by atoms with Crippen molar-refractivity contribution >= 4 is 23.7 Å². The first-order valence-corrected chi connectivity index (χ1v) is 13.6. The molecule has 1 atom stereocenters. The monoisotopic (exact) mass is 632 g/mol. The van der Waals surface area contributed by atoms with Crippen LogP contribution in [0.25, 0.3) is 0 Å². The van der Waals surface area contributed by atoms with Gasteiger partial charge in [0, 0.05) is 12.2 Å². The quantitative estimate of drug-likeness (QED) is 0.266. The average Bonchev–Trinajstić information content (AvgIpc) is 3.26. The van der Waals surface area contributed by atoms with Gasteiger partial charge in [0.1, 0.15) is 29.6 Å². The molecule has 0 saturated heterocycles. The fourth-order valence-electron chi connectivity index (χ4n) is 4.35. The zero-order chi connectivity index (χ0) is 33.3. The number of carbonyl (C=O) groups is 3. The van der Waals surface area contributed by atoms with E-state index in [1.807, 2.05) is 0 Å². The van der Waals surface area contributed by atoms with Gasteiger partial charge in [0.15, 0.2) is 0 Å². The molecule has 2 amide bonds. The number of benzene rings is 2. The summed E-state index contributed by atoms with van der Waals surface area (Å²) in [5.74, 6) is -1.18. The summed E-state index contributed by atoms with van der Waals surface area (Å²) in [6, 6.07) is 4.32. The topological polar surface area (TPSA) is 94.2 Å². The van der Waals surface area contributed by atoms with Crippen molar-refractivity contribution in [2.75, 3.05) is 11.4 Å². The van der Waals surface area contributed by atoms with Crippen LogP contribution in [0.4, 0.5) is 36.8 Å². The molecule has 0 bridgehead atoms. The maximum Gasteiger partial charge on any atom is 0.416 e. The van der Waals surface area contributed by atoms with Crippen molar-refractivity contribution in [3.8, 4) is 5.75 Å². The number of carbonyl (C=O) groups excluding carboxylic acids is 3. The normalized spacial score (nSPS) is 14.5. The van der Waals surface area contributed by atoms with Crippen molar-refractivity contribution in [3.05, 3.63) is 58.7 Å². The third-order valence-electron chi connectivity index (χ3n) is 6.05. The lowest BCUT2D eigenvalue weighted by atomic mass is 10.1. The number of esters is 1. The molecule has 1 aliphatic rings. The Bertz CT molecular complexity index is 1330. The maximum atomic E-state index is 13.6. The Balaban J connectivity index is 1.79. The summed E-state index contributed by atoms with van der Waals surface area (Å²) in [5, 5.41) is 2.44. The largest absolute Gasteiger partial charge is 0.489 e. The molecular formula is C30H34F6N2O6. The minimum Gasteiger partial charge on any atom is -0.489 e. The van der Waals surface area contributed by atoms with E-state index < -0.39 is 71.7 Å². The van der Waals surface area contributed by atoms with Crippen LogP contribution < -0.4 is 15.0 Å². The fourth-order valence-corrected chi connectivity index (χ4v) is 4.35. The Kier molecular flexibility index (Phi) is 9.86. The first kappa shape index (κ1) is 34.5. The molecule has 0 saturated carbocycles. The van der Waals surface area contributed by atoms with Gasteiger partial charge in [0.2, 0.25) is 5.91 Å². The standard InChI is InChI=1S/C30H34F6N2O6/c1-27(2,3)43-24(39)15-22(37-26(41)44-28(4,5)6)25(40)38-10-9-18-13-21(7-8-23(18)38)42-16-17-11-19(29(31,32)33)14-20(12-17)30(34,35)36/h7-8,11-14,22H,9-10,15-16H2,1-6H3,(H,37,41)/t22-/m1/s1. The lowest BCUT2D eigenvalue weighted by Gasteiger charge is -2.27. The highest BCUT2D eigenvalue weighted by atomic mass is 19.4. The number of ether oxygens (including phenoxy) is 3. The molecule has 2 aromatic carbocycles. The number of hydrogen-bond donors (Lipinski definition) is 1. The van der Waals surface area contributed by atoms with Gasteiger partial charge < -0.3 is 24.4 Å². The molecule has 14 heteroatoms. The molecule has 1 N–H and O–H groups in total. The van der Waals surface area contributed by atoms with Crippen molar-refractivity contribution in [1.29, 1.82) is 0 Å². The van der Waals surface area contributed by atoms with E-state index in [9.17, 15) is 40.7 Å².